The van der Waals surface area contributed by atoms with E-state index in [0.29, 0.717) is 5.56 Å². The van der Waals surface area contributed by atoms with Crippen molar-refractivity contribution in [2.24, 2.45) is 0 Å². The van der Waals surface area contributed by atoms with Gasteiger partial charge in [0.25, 0.3) is 0 Å². The van der Waals surface area contributed by atoms with Gasteiger partial charge in [0.2, 0.25) is 5.91 Å². The summed E-state index contributed by atoms with van der Waals surface area (Å²) in [6.07, 6.45) is 2.40. The SMILES string of the molecule is O=C(/C=C/c1ccc(F)c(Cl)c1)NC(CCO)C(=O)O. The van der Waals surface area contributed by atoms with E-state index < -0.39 is 23.7 Å². The molecule has 0 fully saturated rings. The monoisotopic (exact) mass is 301 g/mol. The molecule has 0 heterocycles. The Morgan fingerprint density at radius 2 is 2.15 bits per heavy atom. The highest BCUT2D eigenvalue weighted by Gasteiger charge is 2.17. The first-order chi connectivity index (χ1) is 9.43. The molecule has 1 amide bonds. The zero-order chi connectivity index (χ0) is 15.1. The van der Waals surface area contributed by atoms with Crippen molar-refractivity contribution in [3.63, 3.8) is 0 Å². The van der Waals surface area contributed by atoms with Crippen molar-refractivity contribution < 1.29 is 24.2 Å². The van der Waals surface area contributed by atoms with Crippen molar-refractivity contribution in [2.75, 3.05) is 6.61 Å². The van der Waals surface area contributed by atoms with Gasteiger partial charge in [-0.25, -0.2) is 9.18 Å². The van der Waals surface area contributed by atoms with E-state index in [2.05, 4.69) is 5.32 Å². The quantitative estimate of drug-likeness (QED) is 0.694. The van der Waals surface area contributed by atoms with Crippen LogP contribution in [-0.4, -0.2) is 34.7 Å². The largest absolute Gasteiger partial charge is 0.480 e. The lowest BCUT2D eigenvalue weighted by atomic mass is 10.2. The summed E-state index contributed by atoms with van der Waals surface area (Å²) in [6, 6.07) is 2.76. The Kier molecular flexibility index (Phi) is 6.14. The molecule has 1 rings (SSSR count). The van der Waals surface area contributed by atoms with Crippen molar-refractivity contribution in [2.45, 2.75) is 12.5 Å². The van der Waals surface area contributed by atoms with Gasteiger partial charge in [-0.15, -0.1) is 0 Å². The lowest BCUT2D eigenvalue weighted by molar-refractivity contribution is -0.141. The van der Waals surface area contributed by atoms with Gasteiger partial charge in [-0.2, -0.15) is 0 Å². The Balaban J connectivity index is 2.67. The number of hydrogen-bond donors (Lipinski definition) is 3. The number of nitrogens with one attached hydrogen (secondary N) is 1. The third kappa shape index (κ3) is 4.99. The van der Waals surface area contributed by atoms with Gasteiger partial charge in [-0.1, -0.05) is 17.7 Å². The van der Waals surface area contributed by atoms with Crippen molar-refractivity contribution in [3.05, 3.63) is 40.7 Å². The molecular formula is C13H13ClFNO4. The van der Waals surface area contributed by atoms with Crippen LogP contribution in [0.15, 0.2) is 24.3 Å². The molecule has 1 unspecified atom stereocenters. The fraction of sp³-hybridized carbons (Fsp3) is 0.231. The number of halogens is 2. The van der Waals surface area contributed by atoms with E-state index in [1.54, 1.807) is 0 Å². The molecule has 7 heteroatoms. The van der Waals surface area contributed by atoms with E-state index in [-0.39, 0.29) is 18.1 Å². The molecule has 1 aromatic rings. The Bertz CT molecular complexity index is 533. The lowest BCUT2D eigenvalue weighted by Crippen LogP contribution is -2.40. The molecule has 3 N–H and O–H groups in total. The summed E-state index contributed by atoms with van der Waals surface area (Å²) in [4.78, 5) is 22.3. The second-order valence-electron chi connectivity index (χ2n) is 3.92. The summed E-state index contributed by atoms with van der Waals surface area (Å²) >= 11 is 5.58. The molecule has 0 saturated carbocycles. The Morgan fingerprint density at radius 1 is 1.45 bits per heavy atom. The molecule has 1 atom stereocenters. The summed E-state index contributed by atoms with van der Waals surface area (Å²) in [6.45, 7) is -0.353. The third-order valence-electron chi connectivity index (χ3n) is 2.40. The fourth-order valence-corrected chi connectivity index (χ4v) is 1.58. The predicted molar refractivity (Wildman–Crippen MR) is 71.7 cm³/mol. The standard InChI is InChI=1S/C13H13ClFNO4/c14-9-7-8(1-3-10(9)15)2-4-12(18)16-11(5-6-17)13(19)20/h1-4,7,11,17H,5-6H2,(H,16,18)(H,19,20)/b4-2+. The smallest absolute Gasteiger partial charge is 0.326 e. The average molecular weight is 302 g/mol. The van der Waals surface area contributed by atoms with Gasteiger partial charge in [0.15, 0.2) is 0 Å². The van der Waals surface area contributed by atoms with E-state index >= 15 is 0 Å². The van der Waals surface area contributed by atoms with Crippen molar-refractivity contribution in [1.29, 1.82) is 0 Å². The molecule has 108 valence electrons. The molecule has 0 aliphatic heterocycles. The maximum absolute atomic E-state index is 12.9. The summed E-state index contributed by atoms with van der Waals surface area (Å²) < 4.78 is 12.9. The van der Waals surface area contributed by atoms with Gasteiger partial charge in [0, 0.05) is 19.1 Å². The van der Waals surface area contributed by atoms with E-state index in [4.69, 9.17) is 21.8 Å². The molecule has 0 aliphatic carbocycles. The molecular weight excluding hydrogens is 289 g/mol. The van der Waals surface area contributed by atoms with Gasteiger partial charge < -0.3 is 15.5 Å². The second-order valence-corrected chi connectivity index (χ2v) is 4.33. The number of amides is 1. The molecule has 0 aromatic heterocycles. The first kappa shape index (κ1) is 16.1. The van der Waals surface area contributed by atoms with Gasteiger partial charge >= 0.3 is 5.97 Å². The molecule has 0 aliphatic rings. The minimum Gasteiger partial charge on any atom is -0.480 e. The minimum atomic E-state index is -1.23. The van der Waals surface area contributed by atoms with Crippen LogP contribution in [0.1, 0.15) is 12.0 Å². The third-order valence-corrected chi connectivity index (χ3v) is 2.69. The predicted octanol–water partition coefficient (Wildman–Crippen LogP) is 1.44. The van der Waals surface area contributed by atoms with Crippen LogP contribution >= 0.6 is 11.6 Å². The highest BCUT2D eigenvalue weighted by atomic mass is 35.5. The molecule has 0 spiro atoms. The van der Waals surface area contributed by atoms with Gasteiger partial charge in [0.05, 0.1) is 5.02 Å². The van der Waals surface area contributed by atoms with E-state index in [0.717, 1.165) is 12.1 Å². The Morgan fingerprint density at radius 3 is 2.70 bits per heavy atom. The maximum Gasteiger partial charge on any atom is 0.326 e. The van der Waals surface area contributed by atoms with E-state index in [1.807, 2.05) is 0 Å². The average Bonchev–Trinajstić information content (AvgIpc) is 2.39. The highest BCUT2D eigenvalue weighted by Crippen LogP contribution is 2.16. The van der Waals surface area contributed by atoms with Crippen LogP contribution in [-0.2, 0) is 9.59 Å². The van der Waals surface area contributed by atoms with Crippen LogP contribution < -0.4 is 5.32 Å². The number of aliphatic carboxylic acids is 1. The number of carboxylic acid groups (broad SMARTS) is 1. The maximum atomic E-state index is 12.9. The zero-order valence-corrected chi connectivity index (χ0v) is 11.1. The number of benzene rings is 1. The number of hydrogen-bond acceptors (Lipinski definition) is 3. The number of aliphatic hydroxyl groups excluding tert-OH is 1. The molecule has 0 bridgehead atoms. The molecule has 1 aromatic carbocycles. The Labute approximate surface area is 119 Å². The van der Waals surface area contributed by atoms with Crippen LogP contribution in [0.5, 0.6) is 0 Å². The van der Waals surface area contributed by atoms with Crippen LogP contribution in [0, 0.1) is 5.82 Å². The summed E-state index contributed by atoms with van der Waals surface area (Å²) in [5.41, 5.74) is 0.501. The molecule has 20 heavy (non-hydrogen) atoms. The highest BCUT2D eigenvalue weighted by molar-refractivity contribution is 6.30. The number of rotatable bonds is 6. The van der Waals surface area contributed by atoms with Crippen LogP contribution in [0.2, 0.25) is 5.02 Å². The van der Waals surface area contributed by atoms with Crippen LogP contribution in [0.4, 0.5) is 4.39 Å². The summed E-state index contributed by atoms with van der Waals surface area (Å²) in [7, 11) is 0. The topological polar surface area (TPSA) is 86.6 Å². The molecule has 0 saturated heterocycles. The van der Waals surface area contributed by atoms with Crippen molar-refractivity contribution in [1.82, 2.24) is 5.32 Å². The zero-order valence-electron chi connectivity index (χ0n) is 10.3. The van der Waals surface area contributed by atoms with Gasteiger partial charge in [-0.3, -0.25) is 4.79 Å². The minimum absolute atomic E-state index is 0.0729. The van der Waals surface area contributed by atoms with Gasteiger partial charge in [0.1, 0.15) is 11.9 Å². The number of carboxylic acids is 1. The molecule has 5 nitrogen and oxygen atoms in total. The number of carbonyl (C=O) groups excluding carboxylic acids is 1. The van der Waals surface area contributed by atoms with Crippen LogP contribution in [0.3, 0.4) is 0 Å². The first-order valence-corrected chi connectivity index (χ1v) is 6.09. The number of aliphatic hydroxyl groups is 1. The Hall–Kier alpha value is -1.92. The van der Waals surface area contributed by atoms with Gasteiger partial charge in [-0.05, 0) is 23.8 Å². The van der Waals surface area contributed by atoms with Crippen LogP contribution in [0.25, 0.3) is 6.08 Å². The van der Waals surface area contributed by atoms with Crippen molar-refractivity contribution >= 4 is 29.6 Å². The second kappa shape index (κ2) is 7.62. The summed E-state index contributed by atoms with van der Waals surface area (Å²) in [5, 5.41) is 19.6. The normalized spacial score (nSPS) is 12.3. The fourth-order valence-electron chi connectivity index (χ4n) is 1.39. The lowest BCUT2D eigenvalue weighted by Gasteiger charge is -2.11. The first-order valence-electron chi connectivity index (χ1n) is 5.71. The van der Waals surface area contributed by atoms with Crippen molar-refractivity contribution in [3.8, 4) is 0 Å². The number of carbonyl (C=O) groups is 2. The van der Waals surface area contributed by atoms with E-state index in [1.165, 1.54) is 18.2 Å². The summed E-state index contributed by atoms with van der Waals surface area (Å²) in [5.74, 6) is -2.43. The molecule has 0 radical (unpaired) electrons. The van der Waals surface area contributed by atoms with E-state index in [9.17, 15) is 14.0 Å².